The molecule has 3 N–H and O–H groups in total. The molecule has 3 atom stereocenters. The average Bonchev–Trinajstić information content (AvgIpc) is 3.61. The lowest BCUT2D eigenvalue weighted by molar-refractivity contribution is -0.171. The molecular formula is C34H41N3O12P+. The zero-order chi connectivity index (χ0) is 36.0. The lowest BCUT2D eigenvalue weighted by atomic mass is 9.90. The van der Waals surface area contributed by atoms with Crippen molar-refractivity contribution in [2.24, 2.45) is 5.92 Å². The molecule has 2 aromatic carbocycles. The van der Waals surface area contributed by atoms with Crippen LogP contribution in [0.4, 0.5) is 0 Å². The molecule has 15 nitrogen and oxygen atoms in total. The fourth-order valence-corrected chi connectivity index (χ4v) is 5.68. The topological polar surface area (TPSA) is 192 Å². The van der Waals surface area contributed by atoms with E-state index in [4.69, 9.17) is 32.9 Å². The van der Waals surface area contributed by atoms with Gasteiger partial charge in [-0.3, -0.25) is 14.4 Å². The van der Waals surface area contributed by atoms with Crippen LogP contribution in [0.3, 0.4) is 0 Å². The number of amides is 3. The third-order valence-corrected chi connectivity index (χ3v) is 8.10. The van der Waals surface area contributed by atoms with E-state index in [1.54, 1.807) is 26.0 Å². The lowest BCUT2D eigenvalue weighted by Crippen LogP contribution is -2.49. The second-order valence-electron chi connectivity index (χ2n) is 11.1. The highest BCUT2D eigenvalue weighted by molar-refractivity contribution is 7.32. The standard InChI is InChI=1S/C34H40N3O12P/c1-4-7-8-9-26(27(5-2)37(21-38)48-34(41)22-10-11-29-31(18-22)46-15-14-45-29)32(39)35-20-36-33(40)30-13-12-28(47-30)23-16-24(44-6-3)19-25(17-23)49-50(42)43/h10-13,16-19,21,26-27H,4-9,14-15,20H2,1-3H3,(H2-,35,36,39,40,42,43)/p+1. The number of rotatable bonds is 19. The first-order chi connectivity index (χ1) is 24.2. The Bertz CT molecular complexity index is 1660. The third-order valence-electron chi connectivity index (χ3n) is 7.74. The van der Waals surface area contributed by atoms with Crippen LogP contribution >= 0.6 is 8.25 Å². The van der Waals surface area contributed by atoms with Crippen LogP contribution in [-0.2, 0) is 19.0 Å². The Morgan fingerprint density at radius 3 is 2.44 bits per heavy atom. The van der Waals surface area contributed by atoms with Gasteiger partial charge in [0.25, 0.3) is 5.91 Å². The van der Waals surface area contributed by atoms with Gasteiger partial charge in [0.05, 0.1) is 30.8 Å². The Hall–Kier alpha value is -5.14. The van der Waals surface area contributed by atoms with Gasteiger partial charge in [-0.15, -0.1) is 4.89 Å². The number of hydroxylamine groups is 2. The number of hydrogen-bond donors (Lipinski definition) is 3. The van der Waals surface area contributed by atoms with Crippen molar-refractivity contribution in [2.75, 3.05) is 26.5 Å². The van der Waals surface area contributed by atoms with E-state index in [0.29, 0.717) is 68.3 Å². The smallest absolute Gasteiger partial charge is 0.494 e. The van der Waals surface area contributed by atoms with Crippen molar-refractivity contribution < 1.29 is 56.6 Å². The molecule has 268 valence electrons. The number of nitrogens with one attached hydrogen (secondary N) is 2. The summed E-state index contributed by atoms with van der Waals surface area (Å²) in [5.41, 5.74) is 0.578. The molecule has 0 fully saturated rings. The summed E-state index contributed by atoms with van der Waals surface area (Å²) >= 11 is 0. The Balaban J connectivity index is 1.40. The van der Waals surface area contributed by atoms with E-state index in [-0.39, 0.29) is 29.5 Å². The van der Waals surface area contributed by atoms with Crippen molar-refractivity contribution >= 4 is 32.4 Å². The van der Waals surface area contributed by atoms with Gasteiger partial charge in [-0.05, 0) is 62.2 Å². The highest BCUT2D eigenvalue weighted by Gasteiger charge is 2.34. The van der Waals surface area contributed by atoms with E-state index in [1.807, 2.05) is 6.92 Å². The summed E-state index contributed by atoms with van der Waals surface area (Å²) in [6.07, 6.45) is 3.50. The van der Waals surface area contributed by atoms with Gasteiger partial charge < -0.3 is 34.1 Å². The monoisotopic (exact) mass is 714 g/mol. The predicted octanol–water partition coefficient (Wildman–Crippen LogP) is 5.15. The number of carbonyl (C=O) groups excluding carboxylic acids is 4. The normalized spacial score (nSPS) is 13.3. The van der Waals surface area contributed by atoms with Crippen molar-refractivity contribution in [2.45, 2.75) is 58.9 Å². The highest BCUT2D eigenvalue weighted by Crippen LogP contribution is 2.34. The van der Waals surface area contributed by atoms with Crippen LogP contribution in [-0.4, -0.2) is 66.7 Å². The Labute approximate surface area is 290 Å². The average molecular weight is 715 g/mol. The van der Waals surface area contributed by atoms with Crippen molar-refractivity contribution in [1.29, 1.82) is 0 Å². The molecular weight excluding hydrogens is 673 g/mol. The summed E-state index contributed by atoms with van der Waals surface area (Å²) in [7, 11) is -2.92. The third kappa shape index (κ3) is 10.2. The van der Waals surface area contributed by atoms with Crippen LogP contribution in [0.2, 0.25) is 0 Å². The molecule has 0 saturated heterocycles. The fraction of sp³-hybridized carbons (Fsp3) is 0.412. The van der Waals surface area contributed by atoms with Gasteiger partial charge >= 0.3 is 14.2 Å². The minimum absolute atomic E-state index is 0.0594. The van der Waals surface area contributed by atoms with Crippen LogP contribution in [0.15, 0.2) is 52.9 Å². The first-order valence-electron chi connectivity index (χ1n) is 16.3. The predicted molar refractivity (Wildman–Crippen MR) is 179 cm³/mol. The first kappa shape index (κ1) is 37.7. The molecule has 3 aromatic rings. The van der Waals surface area contributed by atoms with Crippen LogP contribution in [0.25, 0.3) is 11.3 Å². The van der Waals surface area contributed by atoms with Gasteiger partial charge in [-0.1, -0.05) is 33.1 Å². The molecule has 3 unspecified atom stereocenters. The van der Waals surface area contributed by atoms with Gasteiger partial charge in [-0.25, -0.2) is 9.32 Å². The van der Waals surface area contributed by atoms with Gasteiger partial charge in [0.1, 0.15) is 24.7 Å². The van der Waals surface area contributed by atoms with E-state index >= 15 is 0 Å². The number of unbranched alkanes of at least 4 members (excludes halogenated alkanes) is 2. The molecule has 1 aliphatic rings. The quantitative estimate of drug-likeness (QED) is 0.0487. The summed E-state index contributed by atoms with van der Waals surface area (Å²) in [6.45, 7) is 6.38. The second kappa shape index (κ2) is 18.6. The van der Waals surface area contributed by atoms with Gasteiger partial charge in [-0.2, -0.15) is 5.06 Å². The van der Waals surface area contributed by atoms with E-state index in [0.717, 1.165) is 17.9 Å². The minimum Gasteiger partial charge on any atom is -0.494 e. The molecule has 2 heterocycles. The van der Waals surface area contributed by atoms with Crippen LogP contribution in [0, 0.1) is 5.92 Å². The minimum atomic E-state index is -2.92. The molecule has 0 saturated carbocycles. The molecule has 0 aliphatic carbocycles. The molecule has 1 aromatic heterocycles. The maximum atomic E-state index is 13.5. The van der Waals surface area contributed by atoms with Crippen molar-refractivity contribution in [1.82, 2.24) is 15.7 Å². The zero-order valence-electron chi connectivity index (χ0n) is 28.0. The summed E-state index contributed by atoms with van der Waals surface area (Å²) in [5, 5.41) is 6.16. The SMILES string of the molecule is CCCCCC(C(=O)NCNC(=O)c1ccc(-c2cc(OCC)cc(O[P+](=O)O)c2)o1)C(CC)N(C=O)OC(=O)c1ccc2c(c1)OCCO2. The molecule has 0 bridgehead atoms. The van der Waals surface area contributed by atoms with Crippen LogP contribution < -0.4 is 29.4 Å². The van der Waals surface area contributed by atoms with E-state index in [1.165, 1.54) is 36.4 Å². The van der Waals surface area contributed by atoms with E-state index in [9.17, 15) is 23.7 Å². The highest BCUT2D eigenvalue weighted by atomic mass is 31.1. The van der Waals surface area contributed by atoms with Gasteiger partial charge in [0.2, 0.25) is 12.3 Å². The van der Waals surface area contributed by atoms with E-state index in [2.05, 4.69) is 10.6 Å². The summed E-state index contributed by atoms with van der Waals surface area (Å²) in [4.78, 5) is 66.3. The van der Waals surface area contributed by atoms with Crippen LogP contribution in [0.5, 0.6) is 23.0 Å². The van der Waals surface area contributed by atoms with Crippen molar-refractivity contribution in [3.05, 3.63) is 59.9 Å². The molecule has 4 rings (SSSR count). The zero-order valence-corrected chi connectivity index (χ0v) is 28.9. The maximum absolute atomic E-state index is 13.5. The van der Waals surface area contributed by atoms with Gasteiger partial charge in [0, 0.05) is 16.2 Å². The number of benzene rings is 2. The number of furan rings is 1. The van der Waals surface area contributed by atoms with Crippen molar-refractivity contribution in [3.8, 4) is 34.3 Å². The summed E-state index contributed by atoms with van der Waals surface area (Å²) in [6, 6.07) is 11.3. The Kier molecular flexibility index (Phi) is 14.0. The number of hydrogen-bond acceptors (Lipinski definition) is 11. The Morgan fingerprint density at radius 1 is 0.980 bits per heavy atom. The largest absolute Gasteiger partial charge is 0.747 e. The molecule has 1 aliphatic heterocycles. The lowest BCUT2D eigenvalue weighted by Gasteiger charge is -2.32. The number of nitrogens with zero attached hydrogens (tertiary/aromatic N) is 1. The molecule has 16 heteroatoms. The second-order valence-corrected chi connectivity index (χ2v) is 11.8. The Morgan fingerprint density at radius 2 is 1.74 bits per heavy atom. The summed E-state index contributed by atoms with van der Waals surface area (Å²) < 4.78 is 38.4. The van der Waals surface area contributed by atoms with Crippen molar-refractivity contribution in [3.63, 3.8) is 0 Å². The first-order valence-corrected chi connectivity index (χ1v) is 17.4. The maximum Gasteiger partial charge on any atom is 0.747 e. The molecule has 50 heavy (non-hydrogen) atoms. The number of ether oxygens (including phenoxy) is 3. The fourth-order valence-electron chi connectivity index (χ4n) is 5.39. The molecule has 0 spiro atoms. The molecule has 3 amide bonds. The molecule has 0 radical (unpaired) electrons. The van der Waals surface area contributed by atoms with E-state index < -0.39 is 38.0 Å². The van der Waals surface area contributed by atoms with Crippen LogP contribution in [0.1, 0.15) is 73.8 Å². The number of fused-ring (bicyclic) bond motifs is 1. The number of carbonyl (C=O) groups is 4. The summed E-state index contributed by atoms with van der Waals surface area (Å²) in [5.74, 6) is -1.11. The van der Waals surface area contributed by atoms with Gasteiger partial charge in [0.15, 0.2) is 23.0 Å².